The smallest absolute Gasteiger partial charge is 0.381 e. The molecular formula is C21H30F3N3O2. The Labute approximate surface area is 170 Å². The number of alkyl halides is 3. The Kier molecular flexibility index (Phi) is 7.40. The van der Waals surface area contributed by atoms with E-state index in [1.54, 1.807) is 13.1 Å². The van der Waals surface area contributed by atoms with Crippen LogP contribution < -0.4 is 10.6 Å². The normalized spacial score (nSPS) is 21.2. The van der Waals surface area contributed by atoms with Gasteiger partial charge in [-0.2, -0.15) is 13.2 Å². The number of hydrogen-bond donors (Lipinski definition) is 2. The standard InChI is InChI=1S/C21H30F3N3O2/c1-25-19(26-9-3-10-28-13-16-6-11-29-14-16)27-15-20(7-8-20)17-4-2-5-18(12-17)21(22,23)24/h2,4-5,12,16H,3,6-11,13-15H2,1H3,(H2,25,26,27). The lowest BCUT2D eigenvalue weighted by Gasteiger charge is -2.20. The second-order valence-corrected chi connectivity index (χ2v) is 7.87. The molecule has 1 aliphatic carbocycles. The predicted molar refractivity (Wildman–Crippen MR) is 106 cm³/mol. The van der Waals surface area contributed by atoms with Crippen LogP contribution in [-0.2, 0) is 21.1 Å². The van der Waals surface area contributed by atoms with Crippen LogP contribution in [0, 0.1) is 5.92 Å². The molecular weight excluding hydrogens is 383 g/mol. The summed E-state index contributed by atoms with van der Waals surface area (Å²) in [5.41, 5.74) is -0.0988. The van der Waals surface area contributed by atoms with Gasteiger partial charge in [-0.25, -0.2) is 0 Å². The van der Waals surface area contributed by atoms with E-state index in [1.807, 2.05) is 0 Å². The fraction of sp³-hybridized carbons (Fsp3) is 0.667. The van der Waals surface area contributed by atoms with Gasteiger partial charge < -0.3 is 20.1 Å². The molecule has 2 aliphatic rings. The van der Waals surface area contributed by atoms with Crippen molar-refractivity contribution in [1.29, 1.82) is 0 Å². The summed E-state index contributed by atoms with van der Waals surface area (Å²) < 4.78 is 50.0. The van der Waals surface area contributed by atoms with Gasteiger partial charge in [0.1, 0.15) is 0 Å². The second-order valence-electron chi connectivity index (χ2n) is 7.87. The molecule has 1 aliphatic heterocycles. The summed E-state index contributed by atoms with van der Waals surface area (Å²) in [4.78, 5) is 4.21. The Morgan fingerprint density at radius 2 is 2.14 bits per heavy atom. The zero-order valence-corrected chi connectivity index (χ0v) is 16.9. The average Bonchev–Trinajstić information content (AvgIpc) is 3.32. The molecule has 0 bridgehead atoms. The van der Waals surface area contributed by atoms with Gasteiger partial charge in [-0.05, 0) is 37.3 Å². The maximum absolute atomic E-state index is 13.0. The molecule has 29 heavy (non-hydrogen) atoms. The first-order chi connectivity index (χ1) is 13.9. The van der Waals surface area contributed by atoms with Crippen LogP contribution in [0.25, 0.3) is 0 Å². The number of rotatable bonds is 9. The molecule has 1 saturated carbocycles. The van der Waals surface area contributed by atoms with Gasteiger partial charge >= 0.3 is 6.18 Å². The number of halogens is 3. The number of nitrogens with zero attached hydrogens (tertiary/aromatic N) is 1. The quantitative estimate of drug-likeness (QED) is 0.370. The molecule has 1 aromatic rings. The Morgan fingerprint density at radius 3 is 2.79 bits per heavy atom. The lowest BCUT2D eigenvalue weighted by Crippen LogP contribution is -2.41. The van der Waals surface area contributed by atoms with Crippen molar-refractivity contribution in [3.63, 3.8) is 0 Å². The maximum atomic E-state index is 13.0. The number of nitrogens with one attached hydrogen (secondary N) is 2. The van der Waals surface area contributed by atoms with E-state index < -0.39 is 11.7 Å². The van der Waals surface area contributed by atoms with Gasteiger partial charge in [-0.3, -0.25) is 4.99 Å². The van der Waals surface area contributed by atoms with E-state index >= 15 is 0 Å². The summed E-state index contributed by atoms with van der Waals surface area (Å²) in [6.45, 7) is 4.33. The molecule has 1 heterocycles. The highest BCUT2D eigenvalue weighted by atomic mass is 19.4. The highest BCUT2D eigenvalue weighted by molar-refractivity contribution is 5.79. The third-order valence-corrected chi connectivity index (χ3v) is 5.61. The van der Waals surface area contributed by atoms with Gasteiger partial charge in [0.05, 0.1) is 18.8 Å². The van der Waals surface area contributed by atoms with Crippen molar-refractivity contribution in [2.24, 2.45) is 10.9 Å². The minimum atomic E-state index is -4.32. The Morgan fingerprint density at radius 1 is 1.31 bits per heavy atom. The molecule has 5 nitrogen and oxygen atoms in total. The first kappa shape index (κ1) is 21.9. The summed E-state index contributed by atoms with van der Waals surface area (Å²) in [6.07, 6.45) is -0.645. The minimum Gasteiger partial charge on any atom is -0.381 e. The van der Waals surface area contributed by atoms with E-state index in [2.05, 4.69) is 15.6 Å². The zero-order valence-electron chi connectivity index (χ0n) is 16.9. The molecule has 162 valence electrons. The van der Waals surface area contributed by atoms with Crippen molar-refractivity contribution in [3.05, 3.63) is 35.4 Å². The number of benzene rings is 1. The summed E-state index contributed by atoms with van der Waals surface area (Å²) in [5.74, 6) is 1.18. The van der Waals surface area contributed by atoms with Gasteiger partial charge in [-0.15, -0.1) is 0 Å². The molecule has 0 spiro atoms. The van der Waals surface area contributed by atoms with Crippen LogP contribution in [-0.4, -0.2) is 52.5 Å². The van der Waals surface area contributed by atoms with Gasteiger partial charge in [0, 0.05) is 44.7 Å². The fourth-order valence-electron chi connectivity index (χ4n) is 3.56. The van der Waals surface area contributed by atoms with Crippen LogP contribution in [0.15, 0.2) is 29.3 Å². The summed E-state index contributed by atoms with van der Waals surface area (Å²) in [6, 6.07) is 5.67. The van der Waals surface area contributed by atoms with E-state index in [-0.39, 0.29) is 5.41 Å². The molecule has 0 radical (unpaired) electrons. The molecule has 1 aromatic carbocycles. The highest BCUT2D eigenvalue weighted by Crippen LogP contribution is 2.48. The summed E-state index contributed by atoms with van der Waals surface area (Å²) in [7, 11) is 1.69. The Bertz CT molecular complexity index is 684. The predicted octanol–water partition coefficient (Wildman–Crippen LogP) is 3.35. The van der Waals surface area contributed by atoms with Crippen LogP contribution >= 0.6 is 0 Å². The van der Waals surface area contributed by atoms with Gasteiger partial charge in [-0.1, -0.05) is 18.2 Å². The van der Waals surface area contributed by atoms with Crippen LogP contribution in [0.3, 0.4) is 0 Å². The molecule has 3 rings (SSSR count). The molecule has 1 atom stereocenters. The topological polar surface area (TPSA) is 54.9 Å². The van der Waals surface area contributed by atoms with E-state index in [0.717, 1.165) is 63.7 Å². The van der Waals surface area contributed by atoms with Crippen molar-refractivity contribution in [1.82, 2.24) is 10.6 Å². The van der Waals surface area contributed by atoms with E-state index in [1.165, 1.54) is 12.1 Å². The average molecular weight is 413 g/mol. The first-order valence-corrected chi connectivity index (χ1v) is 10.2. The zero-order chi connectivity index (χ0) is 20.7. The number of hydrogen-bond acceptors (Lipinski definition) is 3. The molecule has 2 fully saturated rings. The van der Waals surface area contributed by atoms with E-state index in [9.17, 15) is 13.2 Å². The Balaban J connectivity index is 1.39. The van der Waals surface area contributed by atoms with Crippen molar-refractivity contribution in [3.8, 4) is 0 Å². The minimum absolute atomic E-state index is 0.245. The van der Waals surface area contributed by atoms with Crippen molar-refractivity contribution in [2.75, 3.05) is 46.6 Å². The molecule has 0 amide bonds. The van der Waals surface area contributed by atoms with Crippen LogP contribution in [0.2, 0.25) is 0 Å². The number of guanidine groups is 1. The molecule has 0 aromatic heterocycles. The third-order valence-electron chi connectivity index (χ3n) is 5.61. The Hall–Kier alpha value is -1.80. The lowest BCUT2D eigenvalue weighted by molar-refractivity contribution is -0.137. The SMILES string of the molecule is CN=C(NCCCOCC1CCOC1)NCC1(c2cccc(C(F)(F)F)c2)CC1. The first-order valence-electron chi connectivity index (χ1n) is 10.2. The van der Waals surface area contributed by atoms with Gasteiger partial charge in [0.25, 0.3) is 0 Å². The van der Waals surface area contributed by atoms with Crippen LogP contribution in [0.1, 0.15) is 36.8 Å². The number of aliphatic imine (C=N–C) groups is 1. The highest BCUT2D eigenvalue weighted by Gasteiger charge is 2.45. The lowest BCUT2D eigenvalue weighted by atomic mass is 9.94. The summed E-state index contributed by atoms with van der Waals surface area (Å²) >= 11 is 0. The number of ether oxygens (including phenoxy) is 2. The monoisotopic (exact) mass is 413 g/mol. The molecule has 2 N–H and O–H groups in total. The maximum Gasteiger partial charge on any atom is 0.416 e. The second kappa shape index (κ2) is 9.80. The van der Waals surface area contributed by atoms with Crippen molar-refractivity contribution >= 4 is 5.96 Å². The van der Waals surface area contributed by atoms with Gasteiger partial charge in [0.2, 0.25) is 0 Å². The molecule has 1 saturated heterocycles. The third kappa shape index (κ3) is 6.34. The van der Waals surface area contributed by atoms with E-state index in [0.29, 0.717) is 25.0 Å². The molecule has 8 heteroatoms. The van der Waals surface area contributed by atoms with Gasteiger partial charge in [0.15, 0.2) is 5.96 Å². The van der Waals surface area contributed by atoms with Crippen LogP contribution in [0.5, 0.6) is 0 Å². The van der Waals surface area contributed by atoms with Crippen molar-refractivity contribution < 1.29 is 22.6 Å². The largest absolute Gasteiger partial charge is 0.416 e. The molecule has 1 unspecified atom stereocenters. The van der Waals surface area contributed by atoms with E-state index in [4.69, 9.17) is 9.47 Å². The summed E-state index contributed by atoms with van der Waals surface area (Å²) in [5, 5.41) is 6.50. The fourth-order valence-corrected chi connectivity index (χ4v) is 3.56. The van der Waals surface area contributed by atoms with Crippen LogP contribution in [0.4, 0.5) is 13.2 Å². The van der Waals surface area contributed by atoms with Crippen molar-refractivity contribution in [2.45, 2.75) is 37.3 Å².